The van der Waals surface area contributed by atoms with Crippen LogP contribution in [0.15, 0.2) is 54.7 Å². The molecule has 1 aliphatic carbocycles. The van der Waals surface area contributed by atoms with Gasteiger partial charge in [-0.15, -0.1) is 0 Å². The van der Waals surface area contributed by atoms with Crippen LogP contribution in [0.25, 0.3) is 11.1 Å². The average Bonchev–Trinajstić information content (AvgIpc) is 3.18. The fourth-order valence-electron chi connectivity index (χ4n) is 3.08. The monoisotopic (exact) mass is 303 g/mol. The minimum absolute atomic E-state index is 0.173. The Morgan fingerprint density at radius 1 is 1.13 bits per heavy atom. The van der Waals surface area contributed by atoms with Crippen LogP contribution in [-0.2, 0) is 13.0 Å². The van der Waals surface area contributed by atoms with Crippen molar-refractivity contribution < 1.29 is 4.79 Å². The molecule has 0 radical (unpaired) electrons. The number of aryl methyl sites for hydroxylation is 1. The third-order valence-electron chi connectivity index (χ3n) is 4.25. The predicted molar refractivity (Wildman–Crippen MR) is 90.5 cm³/mol. The van der Waals surface area contributed by atoms with E-state index in [1.807, 2.05) is 19.2 Å². The number of carbonyl (C=O) groups is 1. The highest BCUT2D eigenvalue weighted by Crippen LogP contribution is 2.37. The summed E-state index contributed by atoms with van der Waals surface area (Å²) in [6.07, 6.45) is 2.73. The van der Waals surface area contributed by atoms with Crippen molar-refractivity contribution in [3.63, 3.8) is 0 Å². The molecule has 0 atom stereocenters. The number of carbonyl (C=O) groups excluding carboxylic acids is 1. The van der Waals surface area contributed by atoms with Gasteiger partial charge in [0, 0.05) is 18.4 Å². The van der Waals surface area contributed by atoms with Crippen molar-refractivity contribution in [2.75, 3.05) is 5.32 Å². The molecule has 1 N–H and O–H groups in total. The van der Waals surface area contributed by atoms with E-state index in [2.05, 4.69) is 46.8 Å². The molecule has 1 heterocycles. The largest absolute Gasteiger partial charge is 0.321 e. The highest BCUT2D eigenvalue weighted by atomic mass is 16.1. The Labute approximate surface area is 134 Å². The number of anilines is 1. The second kappa shape index (κ2) is 5.39. The number of hydrogen-bond donors (Lipinski definition) is 1. The maximum absolute atomic E-state index is 12.3. The zero-order chi connectivity index (χ0) is 15.8. The van der Waals surface area contributed by atoms with Crippen LogP contribution in [0.2, 0.25) is 0 Å². The van der Waals surface area contributed by atoms with Crippen molar-refractivity contribution in [2.45, 2.75) is 19.9 Å². The summed E-state index contributed by atoms with van der Waals surface area (Å²) in [7, 11) is 0. The van der Waals surface area contributed by atoms with Crippen LogP contribution in [0.4, 0.5) is 5.69 Å². The quantitative estimate of drug-likeness (QED) is 0.627. The smallest absolute Gasteiger partial charge is 0.276 e. The van der Waals surface area contributed by atoms with Crippen molar-refractivity contribution in [3.05, 3.63) is 71.5 Å². The minimum Gasteiger partial charge on any atom is -0.321 e. The molecule has 3 aromatic rings. The number of fused-ring (bicyclic) bond motifs is 3. The fourth-order valence-corrected chi connectivity index (χ4v) is 3.08. The summed E-state index contributed by atoms with van der Waals surface area (Å²) in [5.74, 6) is -0.173. The lowest BCUT2D eigenvalue weighted by molar-refractivity contribution is 0.102. The van der Waals surface area contributed by atoms with Crippen LogP contribution in [0.1, 0.15) is 28.5 Å². The second-order valence-corrected chi connectivity index (χ2v) is 5.72. The van der Waals surface area contributed by atoms with Gasteiger partial charge in [0.1, 0.15) is 0 Å². The van der Waals surface area contributed by atoms with Gasteiger partial charge >= 0.3 is 0 Å². The Hall–Kier alpha value is -2.88. The molecular weight excluding hydrogens is 286 g/mol. The third kappa shape index (κ3) is 2.42. The van der Waals surface area contributed by atoms with Crippen molar-refractivity contribution >= 4 is 11.6 Å². The van der Waals surface area contributed by atoms with Crippen molar-refractivity contribution in [2.24, 2.45) is 0 Å². The molecule has 4 nitrogen and oxygen atoms in total. The first-order chi connectivity index (χ1) is 11.2. The van der Waals surface area contributed by atoms with Gasteiger partial charge in [0.2, 0.25) is 0 Å². The predicted octanol–water partition coefficient (Wildman–Crippen LogP) is 3.73. The Kier molecular flexibility index (Phi) is 3.23. The van der Waals surface area contributed by atoms with Crippen LogP contribution < -0.4 is 5.32 Å². The van der Waals surface area contributed by atoms with Gasteiger partial charge in [0.15, 0.2) is 5.69 Å². The van der Waals surface area contributed by atoms with Crippen LogP contribution in [0.3, 0.4) is 0 Å². The number of rotatable bonds is 3. The first-order valence-corrected chi connectivity index (χ1v) is 7.80. The first kappa shape index (κ1) is 13.8. The molecule has 0 bridgehead atoms. The summed E-state index contributed by atoms with van der Waals surface area (Å²) in [5, 5.41) is 7.17. The second-order valence-electron chi connectivity index (χ2n) is 5.72. The summed E-state index contributed by atoms with van der Waals surface area (Å²) in [4.78, 5) is 12.3. The Morgan fingerprint density at radius 3 is 2.78 bits per heavy atom. The molecule has 0 spiro atoms. The highest BCUT2D eigenvalue weighted by molar-refractivity contribution is 6.03. The van der Waals surface area contributed by atoms with Gasteiger partial charge in [-0.2, -0.15) is 5.10 Å². The van der Waals surface area contributed by atoms with E-state index in [4.69, 9.17) is 0 Å². The molecule has 1 aliphatic rings. The van der Waals surface area contributed by atoms with E-state index in [0.29, 0.717) is 5.69 Å². The number of aromatic nitrogens is 2. The number of nitrogens with one attached hydrogen (secondary N) is 1. The normalized spacial score (nSPS) is 11.9. The zero-order valence-electron chi connectivity index (χ0n) is 12.9. The molecule has 23 heavy (non-hydrogen) atoms. The molecule has 114 valence electrons. The van der Waals surface area contributed by atoms with Gasteiger partial charge < -0.3 is 5.32 Å². The maximum Gasteiger partial charge on any atom is 0.276 e. The molecule has 0 aliphatic heterocycles. The average molecular weight is 303 g/mol. The minimum atomic E-state index is -0.173. The van der Waals surface area contributed by atoms with E-state index in [9.17, 15) is 4.79 Å². The van der Waals surface area contributed by atoms with Crippen LogP contribution in [0.5, 0.6) is 0 Å². The lowest BCUT2D eigenvalue weighted by Crippen LogP contribution is -2.13. The molecule has 4 heteroatoms. The van der Waals surface area contributed by atoms with Gasteiger partial charge in [-0.1, -0.05) is 30.3 Å². The number of hydrogen-bond acceptors (Lipinski definition) is 2. The van der Waals surface area contributed by atoms with E-state index in [0.717, 1.165) is 18.7 Å². The maximum atomic E-state index is 12.3. The number of amides is 1. The van der Waals surface area contributed by atoms with Gasteiger partial charge in [-0.25, -0.2) is 0 Å². The molecular formula is C19H17N3O. The Morgan fingerprint density at radius 2 is 1.96 bits per heavy atom. The van der Waals surface area contributed by atoms with E-state index in [-0.39, 0.29) is 5.91 Å². The van der Waals surface area contributed by atoms with Crippen LogP contribution in [-0.4, -0.2) is 15.7 Å². The Bertz CT molecular complexity index is 895. The van der Waals surface area contributed by atoms with Gasteiger partial charge in [0.25, 0.3) is 5.91 Å². The van der Waals surface area contributed by atoms with Gasteiger partial charge in [0.05, 0.1) is 0 Å². The SMILES string of the molecule is CCn1ccc(C(=O)Nc2ccc3c(c2)Cc2ccccc2-3)n1. The van der Waals surface area contributed by atoms with E-state index in [1.165, 1.54) is 22.3 Å². The fraction of sp³-hybridized carbons (Fsp3) is 0.158. The number of nitrogens with zero attached hydrogens (tertiary/aromatic N) is 2. The summed E-state index contributed by atoms with van der Waals surface area (Å²) >= 11 is 0. The molecule has 0 saturated heterocycles. The molecule has 0 saturated carbocycles. The highest BCUT2D eigenvalue weighted by Gasteiger charge is 2.18. The summed E-state index contributed by atoms with van der Waals surface area (Å²) in [6, 6.07) is 16.3. The lowest BCUT2D eigenvalue weighted by atomic mass is 10.1. The van der Waals surface area contributed by atoms with Crippen molar-refractivity contribution in [1.82, 2.24) is 9.78 Å². The molecule has 2 aromatic carbocycles. The van der Waals surface area contributed by atoms with Crippen molar-refractivity contribution in [1.29, 1.82) is 0 Å². The molecule has 1 amide bonds. The van der Waals surface area contributed by atoms with E-state index < -0.39 is 0 Å². The van der Waals surface area contributed by atoms with Crippen molar-refractivity contribution in [3.8, 4) is 11.1 Å². The first-order valence-electron chi connectivity index (χ1n) is 7.80. The topological polar surface area (TPSA) is 46.9 Å². The summed E-state index contributed by atoms with van der Waals surface area (Å²) < 4.78 is 1.74. The number of benzene rings is 2. The molecule has 0 unspecified atom stereocenters. The van der Waals surface area contributed by atoms with E-state index >= 15 is 0 Å². The summed E-state index contributed by atoms with van der Waals surface area (Å²) in [5.41, 5.74) is 6.40. The Balaban J connectivity index is 1.58. The zero-order valence-corrected chi connectivity index (χ0v) is 12.9. The third-order valence-corrected chi connectivity index (χ3v) is 4.25. The molecule has 1 aromatic heterocycles. The van der Waals surface area contributed by atoms with Crippen LogP contribution in [0, 0.1) is 0 Å². The molecule has 4 rings (SSSR count). The molecule has 0 fully saturated rings. The van der Waals surface area contributed by atoms with E-state index in [1.54, 1.807) is 10.7 Å². The standard InChI is InChI=1S/C19H17N3O/c1-2-22-10-9-18(21-22)19(23)20-15-7-8-17-14(12-15)11-13-5-3-4-6-16(13)17/h3-10,12H,2,11H2,1H3,(H,20,23). The lowest BCUT2D eigenvalue weighted by Gasteiger charge is -2.06. The van der Waals surface area contributed by atoms with Gasteiger partial charge in [-0.05, 0) is 53.8 Å². The van der Waals surface area contributed by atoms with Gasteiger partial charge in [-0.3, -0.25) is 9.48 Å². The summed E-state index contributed by atoms with van der Waals surface area (Å²) in [6.45, 7) is 2.75. The van der Waals surface area contributed by atoms with Crippen LogP contribution >= 0.6 is 0 Å².